The number of likely N-dealkylation sites (tertiary alicyclic amines) is 1. The molecule has 0 aromatic heterocycles. The fourth-order valence-electron chi connectivity index (χ4n) is 5.99. The van der Waals surface area contributed by atoms with Gasteiger partial charge in [0.25, 0.3) is 5.91 Å². The average Bonchev–Trinajstić information content (AvgIpc) is 3.09. The van der Waals surface area contributed by atoms with E-state index in [0.717, 1.165) is 10.5 Å². The van der Waals surface area contributed by atoms with Crippen LogP contribution >= 0.6 is 0 Å². The summed E-state index contributed by atoms with van der Waals surface area (Å²) in [5, 5.41) is 11.5. The lowest BCUT2D eigenvalue weighted by Gasteiger charge is -2.49. The van der Waals surface area contributed by atoms with E-state index in [0.29, 0.717) is 37.1 Å². The molecule has 3 amide bonds. The molecule has 3 heterocycles. The van der Waals surface area contributed by atoms with Crippen molar-refractivity contribution in [3.05, 3.63) is 119 Å². The van der Waals surface area contributed by atoms with Gasteiger partial charge < -0.3 is 24.8 Å². The van der Waals surface area contributed by atoms with E-state index < -0.39 is 64.9 Å². The molecule has 3 aliphatic heterocycles. The van der Waals surface area contributed by atoms with Crippen LogP contribution in [-0.2, 0) is 41.1 Å². The van der Waals surface area contributed by atoms with E-state index >= 15 is 0 Å². The fourth-order valence-corrected chi connectivity index (χ4v) is 7.66. The van der Waals surface area contributed by atoms with Crippen molar-refractivity contribution in [1.82, 2.24) is 15.1 Å². The summed E-state index contributed by atoms with van der Waals surface area (Å²) in [5.41, 5.74) is 2.18. The van der Waals surface area contributed by atoms with Crippen LogP contribution in [0.3, 0.4) is 0 Å². The van der Waals surface area contributed by atoms with Crippen molar-refractivity contribution in [2.45, 2.75) is 42.9 Å². The molecule has 6 rings (SSSR count). The molecule has 0 saturated carbocycles. The van der Waals surface area contributed by atoms with E-state index in [-0.39, 0.29) is 23.4 Å². The molecular formula is C35H35N3O8S. The first-order valence-electron chi connectivity index (χ1n) is 15.5. The van der Waals surface area contributed by atoms with Crippen molar-refractivity contribution >= 4 is 34.7 Å². The number of amides is 3. The number of hydrogen-bond acceptors (Lipinski definition) is 8. The van der Waals surface area contributed by atoms with Gasteiger partial charge in [-0.05, 0) is 29.5 Å². The Kier molecular flexibility index (Phi) is 9.79. The smallest absolute Gasteiger partial charge is 0.410 e. The van der Waals surface area contributed by atoms with Gasteiger partial charge in [-0.1, -0.05) is 91.0 Å². The van der Waals surface area contributed by atoms with E-state index in [1.54, 1.807) is 24.3 Å². The zero-order chi connectivity index (χ0) is 32.9. The zero-order valence-corrected chi connectivity index (χ0v) is 26.3. The standard InChI is InChI=1S/C35H35N3O8S/c39-27-16-18-37(19-17-27)35(43)45-21-26-22-47(44)33-29(36-28(40)20-23-10-4-1-5-11-23)32(41)38(33)30(26)34(42)46-31(24-12-6-2-7-13-24)25-14-8-3-9-15-25/h1-15,27,29,31,33,39H,16-22H2,(H,36,40)/t29?,33-,47?/m1/s1. The monoisotopic (exact) mass is 657 g/mol. The lowest BCUT2D eigenvalue weighted by Crippen LogP contribution is -2.73. The number of nitrogens with zero attached hydrogens (tertiary/aromatic N) is 2. The Morgan fingerprint density at radius 1 is 0.894 bits per heavy atom. The van der Waals surface area contributed by atoms with Crippen LogP contribution in [-0.4, -0.2) is 86.0 Å². The highest BCUT2D eigenvalue weighted by Crippen LogP contribution is 2.37. The molecular weight excluding hydrogens is 622 g/mol. The van der Waals surface area contributed by atoms with E-state index in [1.165, 1.54) is 4.90 Å². The Hall–Kier alpha value is -4.81. The summed E-state index contributed by atoms with van der Waals surface area (Å²) in [4.78, 5) is 56.1. The van der Waals surface area contributed by atoms with Gasteiger partial charge in [-0.25, -0.2) is 9.59 Å². The van der Waals surface area contributed by atoms with Crippen LogP contribution in [0.1, 0.15) is 35.6 Å². The van der Waals surface area contributed by atoms with Crippen LogP contribution in [0.25, 0.3) is 0 Å². The largest absolute Gasteiger partial charge is 0.448 e. The number of β-lactam (4-membered cyclic amide) rings is 1. The number of rotatable bonds is 9. The van der Waals surface area contributed by atoms with Gasteiger partial charge in [-0.15, -0.1) is 0 Å². The number of esters is 1. The van der Waals surface area contributed by atoms with Gasteiger partial charge in [0.2, 0.25) is 5.91 Å². The Morgan fingerprint density at radius 2 is 1.47 bits per heavy atom. The molecule has 0 aliphatic carbocycles. The number of ether oxygens (including phenoxy) is 2. The van der Waals surface area contributed by atoms with E-state index in [2.05, 4.69) is 5.32 Å². The van der Waals surface area contributed by atoms with Crippen molar-refractivity contribution in [2.75, 3.05) is 25.4 Å². The number of nitrogens with one attached hydrogen (secondary N) is 1. The predicted octanol–water partition coefficient (Wildman–Crippen LogP) is 2.82. The molecule has 2 unspecified atom stereocenters. The molecule has 3 aromatic carbocycles. The molecule has 2 saturated heterocycles. The topological polar surface area (TPSA) is 143 Å². The first-order valence-corrected chi connectivity index (χ1v) is 16.8. The number of carbonyl (C=O) groups excluding carboxylic acids is 4. The minimum Gasteiger partial charge on any atom is -0.448 e. The third kappa shape index (κ3) is 7.13. The van der Waals surface area contributed by atoms with Gasteiger partial charge in [0.15, 0.2) is 6.10 Å². The maximum absolute atomic E-state index is 14.1. The molecule has 0 bridgehead atoms. The molecule has 0 spiro atoms. The molecule has 12 heteroatoms. The third-order valence-corrected chi connectivity index (χ3v) is 10.1. The summed E-state index contributed by atoms with van der Waals surface area (Å²) in [6.07, 6.45) is -1.09. The number of aliphatic hydroxyl groups is 1. The number of piperidine rings is 1. The van der Waals surface area contributed by atoms with E-state index in [9.17, 15) is 28.5 Å². The highest BCUT2D eigenvalue weighted by molar-refractivity contribution is 7.86. The van der Waals surface area contributed by atoms with Crippen LogP contribution in [0.15, 0.2) is 102 Å². The van der Waals surface area contributed by atoms with Gasteiger partial charge in [0.05, 0.1) is 29.1 Å². The Balaban J connectivity index is 1.27. The highest BCUT2D eigenvalue weighted by Gasteiger charge is 2.57. The maximum atomic E-state index is 14.1. The minimum absolute atomic E-state index is 0.0271. The summed E-state index contributed by atoms with van der Waals surface area (Å²) in [6.45, 7) is 0.233. The Bertz CT molecular complexity index is 1640. The summed E-state index contributed by atoms with van der Waals surface area (Å²) in [5.74, 6) is -2.05. The van der Waals surface area contributed by atoms with Crippen LogP contribution in [0.4, 0.5) is 4.79 Å². The normalized spacial score (nSPS) is 21.1. The molecule has 2 fully saturated rings. The molecule has 2 N–H and O–H groups in total. The molecule has 11 nitrogen and oxygen atoms in total. The first-order chi connectivity index (χ1) is 22.8. The van der Waals surface area contributed by atoms with Crippen LogP contribution < -0.4 is 5.32 Å². The quantitative estimate of drug-likeness (QED) is 0.264. The van der Waals surface area contributed by atoms with Gasteiger partial charge in [0.1, 0.15) is 23.7 Å². The summed E-state index contributed by atoms with van der Waals surface area (Å²) in [7, 11) is -1.73. The van der Waals surface area contributed by atoms with Crippen LogP contribution in [0, 0.1) is 0 Å². The van der Waals surface area contributed by atoms with Crippen molar-refractivity contribution in [2.24, 2.45) is 0 Å². The van der Waals surface area contributed by atoms with Gasteiger partial charge in [-0.3, -0.25) is 18.7 Å². The van der Waals surface area contributed by atoms with E-state index in [1.807, 2.05) is 66.7 Å². The number of carbonyl (C=O) groups is 4. The summed E-state index contributed by atoms with van der Waals surface area (Å²) >= 11 is 0. The van der Waals surface area contributed by atoms with Crippen molar-refractivity contribution in [1.29, 1.82) is 0 Å². The first kappa shape index (κ1) is 32.1. The number of benzene rings is 3. The van der Waals surface area contributed by atoms with Crippen molar-refractivity contribution < 1.29 is 38.0 Å². The van der Waals surface area contributed by atoms with Crippen LogP contribution in [0.5, 0.6) is 0 Å². The van der Waals surface area contributed by atoms with Gasteiger partial charge in [0, 0.05) is 18.7 Å². The molecule has 3 aromatic rings. The maximum Gasteiger partial charge on any atom is 0.410 e. The number of aliphatic hydroxyl groups excluding tert-OH is 1. The molecule has 3 atom stereocenters. The van der Waals surface area contributed by atoms with Crippen molar-refractivity contribution in [3.8, 4) is 0 Å². The third-order valence-electron chi connectivity index (χ3n) is 8.44. The summed E-state index contributed by atoms with van der Waals surface area (Å²) < 4.78 is 25.2. The SMILES string of the molecule is O=C(Cc1ccccc1)NC1C(=O)N2C(C(=O)OC(c3ccccc3)c3ccccc3)=C(COC(=O)N3CCC(O)CC3)CS(=O)[C@H]12. The van der Waals surface area contributed by atoms with E-state index in [4.69, 9.17) is 9.47 Å². The minimum atomic E-state index is -1.73. The number of hydrogen-bond donors (Lipinski definition) is 2. The Morgan fingerprint density at radius 3 is 2.06 bits per heavy atom. The molecule has 244 valence electrons. The van der Waals surface area contributed by atoms with Gasteiger partial charge in [-0.2, -0.15) is 0 Å². The molecule has 3 aliphatic rings. The second-order valence-electron chi connectivity index (χ2n) is 11.7. The number of fused-ring (bicyclic) bond motifs is 1. The zero-order valence-electron chi connectivity index (χ0n) is 25.5. The lowest BCUT2D eigenvalue weighted by molar-refractivity contribution is -0.155. The second kappa shape index (κ2) is 14.3. The second-order valence-corrected chi connectivity index (χ2v) is 13.2. The molecule has 0 radical (unpaired) electrons. The lowest BCUT2D eigenvalue weighted by atomic mass is 10.0. The fraction of sp³-hybridized carbons (Fsp3) is 0.314. The van der Waals surface area contributed by atoms with Crippen LogP contribution in [0.2, 0.25) is 0 Å². The molecule has 47 heavy (non-hydrogen) atoms. The predicted molar refractivity (Wildman–Crippen MR) is 172 cm³/mol. The van der Waals surface area contributed by atoms with Crippen molar-refractivity contribution in [3.63, 3.8) is 0 Å². The Labute approximate surface area is 274 Å². The summed E-state index contributed by atoms with van der Waals surface area (Å²) in [6, 6.07) is 26.2. The highest BCUT2D eigenvalue weighted by atomic mass is 32.2. The average molecular weight is 658 g/mol. The van der Waals surface area contributed by atoms with Gasteiger partial charge >= 0.3 is 12.1 Å².